The second-order valence-electron chi connectivity index (χ2n) is 2.80. The summed E-state index contributed by atoms with van der Waals surface area (Å²) >= 11 is 0. The molecule has 0 aliphatic heterocycles. The molecule has 0 radical (unpaired) electrons. The largest absolute Gasteiger partial charge is 0.350 e. The molecule has 12 heavy (non-hydrogen) atoms. The van der Waals surface area contributed by atoms with E-state index in [1.165, 1.54) is 0 Å². The molecular formula is C7H13NO3S. The Balaban J connectivity index is 4.11. The lowest BCUT2D eigenvalue weighted by molar-refractivity contribution is -0.116. The number of nitrogens with one attached hydrogen (secondary N) is 1. The zero-order valence-corrected chi connectivity index (χ0v) is 8.18. The maximum absolute atomic E-state index is 10.8. The highest BCUT2D eigenvalue weighted by atomic mass is 32.2. The molecule has 0 unspecified atom stereocenters. The van der Waals surface area contributed by atoms with E-state index in [0.29, 0.717) is 0 Å². The highest BCUT2D eigenvalue weighted by Gasteiger charge is 1.99. The number of hydrogen-bond donors (Lipinski definition) is 1. The highest BCUT2D eigenvalue weighted by Crippen LogP contribution is 1.86. The molecule has 0 aromatic rings. The SMILES string of the molecule is CC(C)NC(=O)/C=C/S(C)(=O)=O. The van der Waals surface area contributed by atoms with Crippen molar-refractivity contribution in [2.45, 2.75) is 19.9 Å². The van der Waals surface area contributed by atoms with Crippen LogP contribution in [0.25, 0.3) is 0 Å². The molecule has 5 heteroatoms. The van der Waals surface area contributed by atoms with E-state index in [1.54, 1.807) is 13.8 Å². The average Bonchev–Trinajstić information content (AvgIpc) is 1.80. The molecule has 0 spiro atoms. The third kappa shape index (κ3) is 7.27. The van der Waals surface area contributed by atoms with Crippen LogP contribution in [-0.2, 0) is 14.6 Å². The fourth-order valence-electron chi connectivity index (χ4n) is 0.518. The summed E-state index contributed by atoms with van der Waals surface area (Å²) in [7, 11) is -3.20. The van der Waals surface area contributed by atoms with Gasteiger partial charge in [-0.25, -0.2) is 8.42 Å². The minimum Gasteiger partial charge on any atom is -0.350 e. The minimum atomic E-state index is -3.20. The van der Waals surface area contributed by atoms with Gasteiger partial charge in [-0.1, -0.05) is 0 Å². The number of carbonyl (C=O) groups excluding carboxylic acids is 1. The minimum absolute atomic E-state index is 0.0155. The average molecular weight is 191 g/mol. The first kappa shape index (κ1) is 11.2. The summed E-state index contributed by atoms with van der Waals surface area (Å²) in [4.78, 5) is 10.8. The number of sulfone groups is 1. The molecule has 70 valence electrons. The molecule has 1 N–H and O–H groups in total. The molecule has 0 heterocycles. The first-order chi connectivity index (χ1) is 5.31. The van der Waals surface area contributed by atoms with Crippen molar-refractivity contribution in [3.8, 4) is 0 Å². The summed E-state index contributed by atoms with van der Waals surface area (Å²) in [6.07, 6.45) is 2.04. The van der Waals surface area contributed by atoms with E-state index in [2.05, 4.69) is 5.32 Å². The van der Waals surface area contributed by atoms with Gasteiger partial charge < -0.3 is 5.32 Å². The first-order valence-electron chi connectivity index (χ1n) is 3.50. The van der Waals surface area contributed by atoms with Crippen molar-refractivity contribution in [1.82, 2.24) is 5.32 Å². The van der Waals surface area contributed by atoms with E-state index in [0.717, 1.165) is 17.7 Å². The van der Waals surface area contributed by atoms with Crippen LogP contribution in [0.2, 0.25) is 0 Å². The third-order valence-corrected chi connectivity index (χ3v) is 1.53. The summed E-state index contributed by atoms with van der Waals surface area (Å²) in [5.74, 6) is -0.393. The van der Waals surface area contributed by atoms with Gasteiger partial charge in [-0.3, -0.25) is 4.79 Å². The zero-order valence-electron chi connectivity index (χ0n) is 7.37. The Morgan fingerprint density at radius 1 is 1.42 bits per heavy atom. The van der Waals surface area contributed by atoms with Crippen LogP contribution in [0.15, 0.2) is 11.5 Å². The van der Waals surface area contributed by atoms with E-state index < -0.39 is 15.7 Å². The van der Waals surface area contributed by atoms with E-state index in [1.807, 2.05) is 0 Å². The van der Waals surface area contributed by atoms with Gasteiger partial charge in [0.2, 0.25) is 5.91 Å². The van der Waals surface area contributed by atoms with Crippen LogP contribution in [0.4, 0.5) is 0 Å². The lowest BCUT2D eigenvalue weighted by Crippen LogP contribution is -2.28. The van der Waals surface area contributed by atoms with Crippen LogP contribution in [-0.4, -0.2) is 26.6 Å². The second-order valence-corrected chi connectivity index (χ2v) is 4.73. The molecule has 0 aliphatic rings. The summed E-state index contributed by atoms with van der Waals surface area (Å²) in [6.45, 7) is 3.60. The second kappa shape index (κ2) is 4.25. The van der Waals surface area contributed by atoms with Crippen molar-refractivity contribution in [1.29, 1.82) is 0 Å². The number of carbonyl (C=O) groups is 1. The van der Waals surface area contributed by atoms with Gasteiger partial charge in [-0.05, 0) is 13.8 Å². The van der Waals surface area contributed by atoms with Crippen LogP contribution in [0.1, 0.15) is 13.8 Å². The van der Waals surface area contributed by atoms with Crippen molar-refractivity contribution in [2.75, 3.05) is 6.26 Å². The lowest BCUT2D eigenvalue weighted by Gasteiger charge is -2.03. The monoisotopic (exact) mass is 191 g/mol. The molecule has 0 aromatic carbocycles. The molecule has 0 aliphatic carbocycles. The van der Waals surface area contributed by atoms with E-state index in [4.69, 9.17) is 0 Å². The molecule has 0 saturated heterocycles. The number of amides is 1. The molecule has 0 fully saturated rings. The Morgan fingerprint density at radius 2 is 1.92 bits per heavy atom. The maximum atomic E-state index is 10.8. The van der Waals surface area contributed by atoms with Crippen molar-refractivity contribution in [3.63, 3.8) is 0 Å². The van der Waals surface area contributed by atoms with Gasteiger partial charge >= 0.3 is 0 Å². The highest BCUT2D eigenvalue weighted by molar-refractivity contribution is 7.93. The molecule has 0 saturated carbocycles. The summed E-state index contributed by atoms with van der Waals surface area (Å²) in [6, 6.07) is 0.0155. The third-order valence-electron chi connectivity index (χ3n) is 0.898. The summed E-state index contributed by atoms with van der Waals surface area (Å²) < 4.78 is 21.1. The van der Waals surface area contributed by atoms with Crippen LogP contribution in [0.5, 0.6) is 0 Å². The van der Waals surface area contributed by atoms with Crippen molar-refractivity contribution in [3.05, 3.63) is 11.5 Å². The molecular weight excluding hydrogens is 178 g/mol. The maximum Gasteiger partial charge on any atom is 0.244 e. The van der Waals surface area contributed by atoms with Gasteiger partial charge in [0, 0.05) is 23.8 Å². The van der Waals surface area contributed by atoms with E-state index in [-0.39, 0.29) is 6.04 Å². The Hall–Kier alpha value is -0.840. The zero-order chi connectivity index (χ0) is 9.78. The van der Waals surface area contributed by atoms with Gasteiger partial charge in [0.25, 0.3) is 0 Å². The Labute approximate surface area is 72.6 Å². The van der Waals surface area contributed by atoms with Crippen LogP contribution >= 0.6 is 0 Å². The van der Waals surface area contributed by atoms with Crippen LogP contribution < -0.4 is 5.32 Å². The van der Waals surface area contributed by atoms with Gasteiger partial charge in [0.05, 0.1) is 0 Å². The molecule has 0 rings (SSSR count). The summed E-state index contributed by atoms with van der Waals surface area (Å²) in [5.41, 5.74) is 0. The molecule has 0 atom stereocenters. The molecule has 0 bridgehead atoms. The lowest BCUT2D eigenvalue weighted by atomic mass is 10.4. The number of hydrogen-bond acceptors (Lipinski definition) is 3. The van der Waals surface area contributed by atoms with Gasteiger partial charge in [-0.2, -0.15) is 0 Å². The normalized spacial score (nSPS) is 12.3. The van der Waals surface area contributed by atoms with Crippen molar-refractivity contribution < 1.29 is 13.2 Å². The number of rotatable bonds is 3. The van der Waals surface area contributed by atoms with E-state index in [9.17, 15) is 13.2 Å². The van der Waals surface area contributed by atoms with Gasteiger partial charge in [-0.15, -0.1) is 0 Å². The quantitative estimate of drug-likeness (QED) is 0.642. The smallest absolute Gasteiger partial charge is 0.244 e. The summed E-state index contributed by atoms with van der Waals surface area (Å²) in [5, 5.41) is 3.40. The standard InChI is InChI=1S/C7H13NO3S/c1-6(2)8-7(9)4-5-12(3,10)11/h4-6H,1-3H3,(H,8,9)/b5-4+. The fourth-order valence-corrected chi connectivity index (χ4v) is 0.889. The van der Waals surface area contributed by atoms with Gasteiger partial charge in [0.1, 0.15) is 0 Å². The van der Waals surface area contributed by atoms with Crippen LogP contribution in [0.3, 0.4) is 0 Å². The molecule has 0 aromatic heterocycles. The molecule has 1 amide bonds. The van der Waals surface area contributed by atoms with E-state index >= 15 is 0 Å². The topological polar surface area (TPSA) is 63.2 Å². The predicted octanol–water partition coefficient (Wildman–Crippen LogP) is 0.0693. The predicted molar refractivity (Wildman–Crippen MR) is 47.3 cm³/mol. The Kier molecular flexibility index (Phi) is 3.95. The molecule has 4 nitrogen and oxygen atoms in total. The Morgan fingerprint density at radius 3 is 2.25 bits per heavy atom. The Bertz CT molecular complexity index is 277. The first-order valence-corrected chi connectivity index (χ1v) is 5.45. The fraction of sp³-hybridized carbons (Fsp3) is 0.571. The van der Waals surface area contributed by atoms with Crippen molar-refractivity contribution in [2.24, 2.45) is 0 Å². The van der Waals surface area contributed by atoms with Gasteiger partial charge in [0.15, 0.2) is 9.84 Å². The van der Waals surface area contributed by atoms with Crippen LogP contribution in [0, 0.1) is 0 Å². The van der Waals surface area contributed by atoms with Crippen molar-refractivity contribution >= 4 is 15.7 Å².